The summed E-state index contributed by atoms with van der Waals surface area (Å²) in [5, 5.41) is 2.79. The molecular weight excluding hydrogens is 202 g/mol. The quantitative estimate of drug-likeness (QED) is 0.731. The van der Waals surface area contributed by atoms with Crippen molar-refractivity contribution in [2.24, 2.45) is 5.92 Å². The maximum Gasteiger partial charge on any atom is 0.262 e. The third-order valence-electron chi connectivity index (χ3n) is 2.39. The van der Waals surface area contributed by atoms with Crippen LogP contribution < -0.4 is 5.32 Å². The number of hydrogen-bond acceptors (Lipinski definition) is 2. The predicted molar refractivity (Wildman–Crippen MR) is 56.1 cm³/mol. The fourth-order valence-electron chi connectivity index (χ4n) is 1.61. The highest BCUT2D eigenvalue weighted by Gasteiger charge is 2.19. The van der Waals surface area contributed by atoms with Crippen LogP contribution in [0, 0.1) is 5.92 Å². The molecule has 0 aromatic heterocycles. The van der Waals surface area contributed by atoms with Crippen LogP contribution in [0.3, 0.4) is 0 Å². The molecule has 3 nitrogen and oxygen atoms in total. The third kappa shape index (κ3) is 3.68. The fraction of sp³-hybridized carbons (Fsp3) is 0.700. The lowest BCUT2D eigenvalue weighted by atomic mass is 9.96. The maximum absolute atomic E-state index is 11.1. The zero-order chi connectivity index (χ0) is 10.6. The van der Waals surface area contributed by atoms with Crippen LogP contribution in [0.5, 0.6) is 0 Å². The summed E-state index contributed by atoms with van der Waals surface area (Å²) < 4.78 is 5.41. The van der Waals surface area contributed by atoms with Crippen molar-refractivity contribution in [2.75, 3.05) is 13.2 Å². The van der Waals surface area contributed by atoms with Crippen molar-refractivity contribution in [3.63, 3.8) is 0 Å². The van der Waals surface area contributed by atoms with E-state index in [9.17, 15) is 4.79 Å². The van der Waals surface area contributed by atoms with Gasteiger partial charge < -0.3 is 10.1 Å². The molecule has 1 amide bonds. The van der Waals surface area contributed by atoms with Crippen molar-refractivity contribution in [3.05, 3.63) is 11.6 Å². The van der Waals surface area contributed by atoms with Gasteiger partial charge in [-0.1, -0.05) is 18.2 Å². The number of carbonyl (C=O) groups excluding carboxylic acids is 1. The number of amides is 1. The average molecular weight is 218 g/mol. The summed E-state index contributed by atoms with van der Waals surface area (Å²) in [4.78, 5) is 11.1. The molecule has 1 aliphatic rings. The fourth-order valence-corrected chi connectivity index (χ4v) is 1.68. The van der Waals surface area contributed by atoms with Gasteiger partial charge in [0.1, 0.15) is 0 Å². The van der Waals surface area contributed by atoms with Gasteiger partial charge in [-0.3, -0.25) is 4.79 Å². The summed E-state index contributed by atoms with van der Waals surface area (Å²) in [5.74, 6) is 0.226. The Morgan fingerprint density at radius 3 is 3.00 bits per heavy atom. The van der Waals surface area contributed by atoms with E-state index in [1.807, 2.05) is 0 Å². The summed E-state index contributed by atoms with van der Waals surface area (Å²) in [7, 11) is 0. The molecule has 0 aromatic rings. The van der Waals surface area contributed by atoms with Crippen molar-refractivity contribution in [1.82, 2.24) is 5.32 Å². The number of ether oxygens (including phenoxy) is 1. The lowest BCUT2D eigenvalue weighted by molar-refractivity contribution is -0.117. The zero-order valence-corrected chi connectivity index (χ0v) is 9.14. The first-order valence-corrected chi connectivity index (χ1v) is 5.21. The lowest BCUT2D eigenvalue weighted by Crippen LogP contribution is -2.34. The smallest absolute Gasteiger partial charge is 0.262 e. The van der Waals surface area contributed by atoms with Crippen LogP contribution in [0.2, 0.25) is 0 Å². The monoisotopic (exact) mass is 217 g/mol. The van der Waals surface area contributed by atoms with Crippen molar-refractivity contribution >= 4 is 17.5 Å². The number of rotatable bonds is 3. The van der Waals surface area contributed by atoms with Crippen molar-refractivity contribution in [1.29, 1.82) is 0 Å². The van der Waals surface area contributed by atoms with Crippen LogP contribution in [0.25, 0.3) is 0 Å². The molecule has 2 atom stereocenters. The van der Waals surface area contributed by atoms with Crippen molar-refractivity contribution in [3.8, 4) is 0 Å². The molecular formula is C10H16ClNO2. The van der Waals surface area contributed by atoms with E-state index in [1.54, 1.807) is 0 Å². The minimum atomic E-state index is -0.272. The van der Waals surface area contributed by atoms with Gasteiger partial charge in [0.05, 0.1) is 11.1 Å². The highest BCUT2D eigenvalue weighted by atomic mass is 35.5. The summed E-state index contributed by atoms with van der Waals surface area (Å²) >= 11 is 5.44. The van der Waals surface area contributed by atoms with E-state index in [0.29, 0.717) is 18.6 Å². The van der Waals surface area contributed by atoms with E-state index in [2.05, 4.69) is 18.8 Å². The van der Waals surface area contributed by atoms with Crippen LogP contribution in [0.1, 0.15) is 19.8 Å². The Labute approximate surface area is 89.5 Å². The van der Waals surface area contributed by atoms with Crippen LogP contribution in [-0.4, -0.2) is 25.2 Å². The second-order valence-electron chi connectivity index (χ2n) is 3.69. The van der Waals surface area contributed by atoms with Crippen LogP contribution >= 0.6 is 11.6 Å². The van der Waals surface area contributed by atoms with Gasteiger partial charge in [-0.15, -0.1) is 0 Å². The summed E-state index contributed by atoms with van der Waals surface area (Å²) in [6.07, 6.45) is 2.29. The molecule has 1 N–H and O–H groups in total. The van der Waals surface area contributed by atoms with Gasteiger partial charge in [0.2, 0.25) is 0 Å². The Balaban J connectivity index is 2.24. The standard InChI is InChI=1S/C10H16ClNO2/c1-7-5-9(3-4-14-7)6-12-10(13)8(2)11/h7,9H,2-6H2,1H3,(H,12,13). The molecule has 1 heterocycles. The van der Waals surface area contributed by atoms with Gasteiger partial charge in [-0.25, -0.2) is 0 Å². The van der Waals surface area contributed by atoms with E-state index >= 15 is 0 Å². The number of halogens is 1. The summed E-state index contributed by atoms with van der Waals surface area (Å²) in [5.41, 5.74) is 0. The summed E-state index contributed by atoms with van der Waals surface area (Å²) in [6.45, 7) is 6.86. The van der Waals surface area contributed by atoms with Gasteiger partial charge >= 0.3 is 0 Å². The highest BCUT2D eigenvalue weighted by molar-refractivity contribution is 6.41. The van der Waals surface area contributed by atoms with Gasteiger partial charge in [-0.2, -0.15) is 0 Å². The van der Waals surface area contributed by atoms with Gasteiger partial charge in [0, 0.05) is 13.2 Å². The van der Waals surface area contributed by atoms with Crippen molar-refractivity contribution in [2.45, 2.75) is 25.9 Å². The second-order valence-corrected chi connectivity index (χ2v) is 4.14. The molecule has 1 aliphatic heterocycles. The Morgan fingerprint density at radius 2 is 2.43 bits per heavy atom. The Morgan fingerprint density at radius 1 is 1.71 bits per heavy atom. The molecule has 0 bridgehead atoms. The highest BCUT2D eigenvalue weighted by Crippen LogP contribution is 2.18. The van der Waals surface area contributed by atoms with Crippen LogP contribution in [0.4, 0.5) is 0 Å². The molecule has 1 fully saturated rings. The maximum atomic E-state index is 11.1. The minimum absolute atomic E-state index is 0.0464. The van der Waals surface area contributed by atoms with E-state index in [-0.39, 0.29) is 10.9 Å². The van der Waals surface area contributed by atoms with E-state index in [0.717, 1.165) is 19.4 Å². The average Bonchev–Trinajstić information content (AvgIpc) is 2.14. The molecule has 1 rings (SSSR count). The number of hydrogen-bond donors (Lipinski definition) is 1. The molecule has 2 unspecified atom stereocenters. The summed E-state index contributed by atoms with van der Waals surface area (Å²) in [6, 6.07) is 0. The zero-order valence-electron chi connectivity index (χ0n) is 8.38. The lowest BCUT2D eigenvalue weighted by Gasteiger charge is -2.27. The van der Waals surface area contributed by atoms with Crippen LogP contribution in [0.15, 0.2) is 11.6 Å². The van der Waals surface area contributed by atoms with E-state index in [1.165, 1.54) is 0 Å². The van der Waals surface area contributed by atoms with Crippen LogP contribution in [-0.2, 0) is 9.53 Å². The topological polar surface area (TPSA) is 38.3 Å². The van der Waals surface area contributed by atoms with E-state index < -0.39 is 0 Å². The van der Waals surface area contributed by atoms with Gasteiger partial charge in [0.25, 0.3) is 5.91 Å². The largest absolute Gasteiger partial charge is 0.378 e. The van der Waals surface area contributed by atoms with Gasteiger partial charge in [-0.05, 0) is 25.7 Å². The molecule has 0 aromatic carbocycles. The normalized spacial score (nSPS) is 27.0. The van der Waals surface area contributed by atoms with Crippen molar-refractivity contribution < 1.29 is 9.53 Å². The predicted octanol–water partition coefficient (Wildman–Crippen LogP) is 1.67. The second kappa shape index (κ2) is 5.37. The Kier molecular flexibility index (Phi) is 4.42. The Bertz CT molecular complexity index is 230. The SMILES string of the molecule is C=C(Cl)C(=O)NCC1CCOC(C)C1. The third-order valence-corrected chi connectivity index (χ3v) is 2.56. The Hall–Kier alpha value is -0.540. The van der Waals surface area contributed by atoms with E-state index in [4.69, 9.17) is 16.3 Å². The first-order chi connectivity index (χ1) is 6.59. The molecule has 0 radical (unpaired) electrons. The molecule has 80 valence electrons. The molecule has 0 saturated carbocycles. The first kappa shape index (κ1) is 11.5. The number of carbonyl (C=O) groups is 1. The molecule has 1 saturated heterocycles. The number of nitrogens with one attached hydrogen (secondary N) is 1. The molecule has 14 heavy (non-hydrogen) atoms. The van der Waals surface area contributed by atoms with Gasteiger partial charge in [0.15, 0.2) is 0 Å². The molecule has 0 aliphatic carbocycles. The first-order valence-electron chi connectivity index (χ1n) is 4.83. The minimum Gasteiger partial charge on any atom is -0.378 e. The molecule has 0 spiro atoms. The molecule has 4 heteroatoms.